The third kappa shape index (κ3) is 4.46. The molecule has 260 valence electrons. The molecular weight excluding hydrogens is 683 g/mol. The summed E-state index contributed by atoms with van der Waals surface area (Å²) < 4.78 is 4.71. The number of hydrogen-bond acceptors (Lipinski definition) is 3. The fourth-order valence-corrected chi connectivity index (χ4v) is 8.90. The van der Waals surface area contributed by atoms with Gasteiger partial charge in [-0.15, -0.1) is 0 Å². The highest BCUT2D eigenvalue weighted by atomic mass is 15.2. The zero-order chi connectivity index (χ0) is 36.7. The maximum atomic E-state index is 5.36. The van der Waals surface area contributed by atoms with Crippen molar-refractivity contribution in [3.63, 3.8) is 0 Å². The Morgan fingerprint density at radius 3 is 1.32 bits per heavy atom. The molecule has 0 radical (unpaired) electrons. The molecule has 56 heavy (non-hydrogen) atoms. The molecule has 0 aliphatic carbocycles. The SMILES string of the molecule is c1ccc(-c2nc(-c3ccccc3)nc(-n3c4cc5c6ccccc6c6ccccc6c5cc4c4ccc5c6ccccc6n(-c6ccccc6)c5c43)n2)cc1. The maximum Gasteiger partial charge on any atom is 0.238 e. The lowest BCUT2D eigenvalue weighted by Gasteiger charge is -2.14. The van der Waals surface area contributed by atoms with Crippen molar-refractivity contribution in [2.75, 3.05) is 0 Å². The fraction of sp³-hybridized carbons (Fsp3) is 0. The van der Waals surface area contributed by atoms with Crippen LogP contribution in [0.15, 0.2) is 188 Å². The van der Waals surface area contributed by atoms with E-state index < -0.39 is 0 Å². The van der Waals surface area contributed by atoms with Crippen LogP contribution in [0.2, 0.25) is 0 Å². The Kier molecular flexibility index (Phi) is 6.56. The Morgan fingerprint density at radius 2 is 0.732 bits per heavy atom. The van der Waals surface area contributed by atoms with Crippen LogP contribution in [0.1, 0.15) is 0 Å². The second kappa shape index (κ2) is 11.9. The van der Waals surface area contributed by atoms with E-state index in [1.807, 2.05) is 36.4 Å². The normalized spacial score (nSPS) is 11.9. The van der Waals surface area contributed by atoms with Gasteiger partial charge >= 0.3 is 0 Å². The topological polar surface area (TPSA) is 48.5 Å². The number of benzene rings is 9. The standard InChI is InChI=1S/C51H31N5/c1-4-16-32(17-5-1)49-52-50(33-18-6-2-7-19-33)54-51(53-49)56-46-31-43-38-25-13-11-23-36(38)35-22-10-12-24-37(35)42(43)30-44(46)41-29-28-40-39-26-14-15-27-45(39)55(47(40)48(41)56)34-20-8-3-9-21-34/h1-31H. The Labute approximate surface area is 321 Å². The van der Waals surface area contributed by atoms with E-state index in [9.17, 15) is 0 Å². The third-order valence-corrected chi connectivity index (χ3v) is 11.3. The molecule has 0 aliphatic heterocycles. The van der Waals surface area contributed by atoms with Gasteiger partial charge in [0.25, 0.3) is 0 Å². The molecule has 0 spiro atoms. The van der Waals surface area contributed by atoms with Crippen LogP contribution in [0.5, 0.6) is 0 Å². The number of fused-ring (bicyclic) bond motifs is 13. The van der Waals surface area contributed by atoms with Gasteiger partial charge < -0.3 is 4.57 Å². The highest BCUT2D eigenvalue weighted by Gasteiger charge is 2.24. The molecule has 5 nitrogen and oxygen atoms in total. The predicted octanol–water partition coefficient (Wildman–Crippen LogP) is 12.9. The lowest BCUT2D eigenvalue weighted by atomic mass is 9.93. The van der Waals surface area contributed by atoms with Gasteiger partial charge in [-0.3, -0.25) is 4.57 Å². The van der Waals surface area contributed by atoms with E-state index in [1.54, 1.807) is 0 Å². The monoisotopic (exact) mass is 713 g/mol. The molecule has 0 atom stereocenters. The van der Waals surface area contributed by atoms with Crippen LogP contribution in [0, 0.1) is 0 Å². The summed E-state index contributed by atoms with van der Waals surface area (Å²) in [5.74, 6) is 1.81. The number of para-hydroxylation sites is 2. The summed E-state index contributed by atoms with van der Waals surface area (Å²) >= 11 is 0. The molecule has 0 unspecified atom stereocenters. The first-order valence-electron chi connectivity index (χ1n) is 19.0. The van der Waals surface area contributed by atoms with Gasteiger partial charge in [-0.2, -0.15) is 9.97 Å². The number of nitrogens with zero attached hydrogens (tertiary/aromatic N) is 5. The molecule has 0 aliphatic rings. The molecular formula is C51H31N5. The van der Waals surface area contributed by atoms with Crippen LogP contribution in [0.4, 0.5) is 0 Å². The van der Waals surface area contributed by atoms with Crippen molar-refractivity contribution >= 4 is 75.9 Å². The second-order valence-corrected chi connectivity index (χ2v) is 14.4. The highest BCUT2D eigenvalue weighted by Crippen LogP contribution is 2.44. The summed E-state index contributed by atoms with van der Waals surface area (Å²) in [6.07, 6.45) is 0. The molecule has 12 aromatic rings. The van der Waals surface area contributed by atoms with Gasteiger partial charge in [0, 0.05) is 38.4 Å². The Hall–Kier alpha value is -7.63. The van der Waals surface area contributed by atoms with Crippen LogP contribution < -0.4 is 0 Å². The quantitative estimate of drug-likeness (QED) is 0.171. The first kappa shape index (κ1) is 30.8. The zero-order valence-electron chi connectivity index (χ0n) is 30.1. The predicted molar refractivity (Wildman–Crippen MR) is 232 cm³/mol. The fourth-order valence-electron chi connectivity index (χ4n) is 8.90. The minimum absolute atomic E-state index is 0.569. The van der Waals surface area contributed by atoms with Gasteiger partial charge in [0.15, 0.2) is 11.6 Å². The average molecular weight is 714 g/mol. The van der Waals surface area contributed by atoms with Gasteiger partial charge in [-0.25, -0.2) is 4.98 Å². The molecule has 12 rings (SSSR count). The third-order valence-electron chi connectivity index (χ3n) is 11.3. The molecule has 0 fully saturated rings. The summed E-state index contributed by atoms with van der Waals surface area (Å²) in [6.45, 7) is 0. The van der Waals surface area contributed by atoms with E-state index in [0.717, 1.165) is 49.7 Å². The molecule has 3 aromatic heterocycles. The largest absolute Gasteiger partial charge is 0.307 e. The summed E-state index contributed by atoms with van der Waals surface area (Å²) in [4.78, 5) is 15.8. The van der Waals surface area contributed by atoms with Gasteiger partial charge in [0.1, 0.15) is 0 Å². The summed E-state index contributed by atoms with van der Waals surface area (Å²) in [7, 11) is 0. The van der Waals surface area contributed by atoms with Crippen LogP contribution >= 0.6 is 0 Å². The lowest BCUT2D eigenvalue weighted by Crippen LogP contribution is -2.07. The van der Waals surface area contributed by atoms with Gasteiger partial charge in [-0.05, 0) is 62.6 Å². The summed E-state index contributed by atoms with van der Waals surface area (Å²) in [5.41, 5.74) is 7.29. The average Bonchev–Trinajstić information content (AvgIpc) is 3.79. The van der Waals surface area contributed by atoms with E-state index in [4.69, 9.17) is 15.0 Å². The van der Waals surface area contributed by atoms with E-state index in [1.165, 1.54) is 43.1 Å². The van der Waals surface area contributed by atoms with Crippen molar-refractivity contribution in [1.82, 2.24) is 24.1 Å². The number of aromatic nitrogens is 5. The smallest absolute Gasteiger partial charge is 0.238 e. The number of rotatable bonds is 4. The summed E-state index contributed by atoms with van der Waals surface area (Å²) in [5, 5.41) is 12.0. The Bertz CT molecular complexity index is 3450. The second-order valence-electron chi connectivity index (χ2n) is 14.4. The molecule has 0 amide bonds. The van der Waals surface area contributed by atoms with Crippen molar-refractivity contribution in [3.8, 4) is 34.4 Å². The first-order valence-corrected chi connectivity index (χ1v) is 19.0. The minimum Gasteiger partial charge on any atom is -0.307 e. The van der Waals surface area contributed by atoms with Crippen LogP contribution in [-0.4, -0.2) is 24.1 Å². The minimum atomic E-state index is 0.569. The number of hydrogen-bond donors (Lipinski definition) is 0. The Morgan fingerprint density at radius 1 is 0.286 bits per heavy atom. The van der Waals surface area contributed by atoms with Crippen LogP contribution in [-0.2, 0) is 0 Å². The molecule has 5 heteroatoms. The molecule has 0 saturated heterocycles. The van der Waals surface area contributed by atoms with Gasteiger partial charge in [0.05, 0.1) is 22.1 Å². The first-order chi connectivity index (χ1) is 27.8. The van der Waals surface area contributed by atoms with E-state index in [-0.39, 0.29) is 0 Å². The summed E-state index contributed by atoms with van der Waals surface area (Å²) in [6, 6.07) is 66.7. The molecule has 3 heterocycles. The van der Waals surface area contributed by atoms with Gasteiger partial charge in [-0.1, -0.05) is 158 Å². The Balaban J connectivity index is 1.33. The molecule has 0 bridgehead atoms. The van der Waals surface area contributed by atoms with Crippen molar-refractivity contribution in [1.29, 1.82) is 0 Å². The van der Waals surface area contributed by atoms with Crippen molar-refractivity contribution in [3.05, 3.63) is 188 Å². The lowest BCUT2D eigenvalue weighted by molar-refractivity contribution is 0.954. The van der Waals surface area contributed by atoms with E-state index >= 15 is 0 Å². The maximum absolute atomic E-state index is 5.36. The van der Waals surface area contributed by atoms with Gasteiger partial charge in [0.2, 0.25) is 5.95 Å². The molecule has 9 aromatic carbocycles. The van der Waals surface area contributed by atoms with Crippen molar-refractivity contribution < 1.29 is 0 Å². The van der Waals surface area contributed by atoms with Crippen molar-refractivity contribution in [2.24, 2.45) is 0 Å². The highest BCUT2D eigenvalue weighted by molar-refractivity contribution is 6.30. The van der Waals surface area contributed by atoms with Crippen LogP contribution in [0.25, 0.3) is 110 Å². The van der Waals surface area contributed by atoms with Crippen molar-refractivity contribution in [2.45, 2.75) is 0 Å². The molecule has 0 saturated carbocycles. The van der Waals surface area contributed by atoms with E-state index in [2.05, 4.69) is 161 Å². The van der Waals surface area contributed by atoms with Crippen LogP contribution in [0.3, 0.4) is 0 Å². The molecule has 0 N–H and O–H groups in total. The van der Waals surface area contributed by atoms with E-state index in [0.29, 0.717) is 17.6 Å². The zero-order valence-corrected chi connectivity index (χ0v) is 30.1.